The average Bonchev–Trinajstić information content (AvgIpc) is 3.26. The Kier molecular flexibility index (Phi) is 35.6. The van der Waals surface area contributed by atoms with Gasteiger partial charge in [0.05, 0.1) is 37.6 Å². The third kappa shape index (κ3) is 33.3. The van der Waals surface area contributed by atoms with Crippen molar-refractivity contribution < 1.29 is 62.8 Å². The zero-order chi connectivity index (χ0) is 45.6. The Morgan fingerprint density at radius 2 is 0.677 bits per heavy atom. The van der Waals surface area contributed by atoms with Gasteiger partial charge >= 0.3 is 32.7 Å². The van der Waals surface area contributed by atoms with Gasteiger partial charge in [-0.1, -0.05) is 193 Å². The number of ether oxygens (including phenoxy) is 2. The molecule has 0 amide bonds. The second-order valence-corrected chi connectivity index (χ2v) is 18.8. The topological polar surface area (TPSA) is 198 Å². The van der Waals surface area contributed by atoms with Crippen molar-refractivity contribution in [1.82, 2.24) is 0 Å². The summed E-state index contributed by atoms with van der Waals surface area (Å²) in [4.78, 5) is 25.5. The summed E-state index contributed by atoms with van der Waals surface area (Å²) < 4.78 is 77.8. The van der Waals surface area contributed by atoms with E-state index in [-0.39, 0.29) is 24.3 Å². The number of carbonyl (C=O) groups excluding carboxylic acids is 2. The van der Waals surface area contributed by atoms with Gasteiger partial charge in [0, 0.05) is 0 Å². The molecule has 16 heteroatoms. The van der Waals surface area contributed by atoms with Gasteiger partial charge in [-0.3, -0.25) is 0 Å². The van der Waals surface area contributed by atoms with Gasteiger partial charge < -0.3 is 19.7 Å². The van der Waals surface area contributed by atoms with E-state index in [2.05, 4.69) is 13.8 Å². The van der Waals surface area contributed by atoms with Crippen LogP contribution in [0.4, 0.5) is 0 Å². The molecule has 2 N–H and O–H groups in total. The molecule has 0 fully saturated rings. The maximum absolute atomic E-state index is 12.8. The van der Waals surface area contributed by atoms with E-state index < -0.39 is 71.4 Å². The first-order chi connectivity index (χ1) is 29.9. The van der Waals surface area contributed by atoms with Gasteiger partial charge in [-0.05, 0) is 25.0 Å². The van der Waals surface area contributed by atoms with Crippen molar-refractivity contribution in [2.24, 2.45) is 0 Å². The van der Waals surface area contributed by atoms with Crippen LogP contribution in [0.1, 0.15) is 214 Å². The second-order valence-electron chi connectivity index (χ2n) is 16.3. The molecule has 2 unspecified atom stereocenters. The van der Waals surface area contributed by atoms with Crippen LogP contribution >= 0.6 is 0 Å². The highest BCUT2D eigenvalue weighted by molar-refractivity contribution is 7.82. The van der Waals surface area contributed by atoms with Crippen LogP contribution in [0.2, 0.25) is 0 Å². The Hall–Kier alpha value is -2.18. The molecule has 0 heterocycles. The largest absolute Gasteiger partial charge is 0.459 e. The lowest BCUT2D eigenvalue weighted by Crippen LogP contribution is -2.27. The highest BCUT2D eigenvalue weighted by Gasteiger charge is 2.23. The lowest BCUT2D eigenvalue weighted by molar-refractivity contribution is 0.00859. The minimum atomic E-state index is -4.38. The van der Waals surface area contributed by atoms with Crippen molar-refractivity contribution in [1.29, 1.82) is 0 Å². The Bertz CT molecular complexity index is 1360. The summed E-state index contributed by atoms with van der Waals surface area (Å²) in [6, 6.07) is 5.47. The van der Waals surface area contributed by atoms with Crippen LogP contribution in [0.5, 0.6) is 0 Å². The molecule has 1 aromatic rings. The lowest BCUT2D eigenvalue weighted by Gasteiger charge is -2.14. The fourth-order valence-corrected chi connectivity index (χ4v) is 8.17. The summed E-state index contributed by atoms with van der Waals surface area (Å²) in [5, 5.41) is 20.4. The maximum atomic E-state index is 12.8. The van der Waals surface area contributed by atoms with Gasteiger partial charge in [0.25, 0.3) is 0 Å². The highest BCUT2D eigenvalue weighted by Crippen LogP contribution is 2.16. The summed E-state index contributed by atoms with van der Waals surface area (Å²) in [5.41, 5.74) is -0.445. The number of hydrogen-bond donors (Lipinski definition) is 2. The van der Waals surface area contributed by atoms with E-state index in [0.717, 1.165) is 38.5 Å². The minimum absolute atomic E-state index is 0.0461. The van der Waals surface area contributed by atoms with Gasteiger partial charge in [-0.2, -0.15) is 16.8 Å². The minimum Gasteiger partial charge on any atom is -0.459 e. The van der Waals surface area contributed by atoms with E-state index in [9.17, 15) is 36.6 Å². The number of esters is 2. The van der Waals surface area contributed by atoms with Crippen LogP contribution in [0.3, 0.4) is 0 Å². The third-order valence-corrected chi connectivity index (χ3v) is 12.2. The van der Waals surface area contributed by atoms with E-state index in [1.165, 1.54) is 153 Å². The highest BCUT2D eigenvalue weighted by atomic mass is 32.3. The molecule has 0 spiro atoms. The molecule has 0 bridgehead atoms. The molecule has 0 radical (unpaired) electrons. The van der Waals surface area contributed by atoms with Crippen LogP contribution in [0.25, 0.3) is 0 Å². The molecule has 2 atom stereocenters. The molecule has 0 aliphatic heterocycles. The van der Waals surface area contributed by atoms with E-state index in [1.54, 1.807) is 0 Å². The van der Waals surface area contributed by atoms with Gasteiger partial charge in [-0.25, -0.2) is 26.3 Å². The van der Waals surface area contributed by atoms with Gasteiger partial charge in [0.2, 0.25) is 0 Å². The Morgan fingerprint density at radius 1 is 0.419 bits per heavy atom. The SMILES string of the molecule is CCCCCCCCCCCCCCCCOS(=O)(=O)OCC(O)COC(=O)c1ccccc1C(=O)OCC(O)COS(=O)(=O)OCCCCCCCCCCCCCCCC. The molecule has 0 aromatic heterocycles. The van der Waals surface area contributed by atoms with Crippen LogP contribution in [-0.4, -0.2) is 90.8 Å². The molecule has 1 aromatic carbocycles. The fraction of sp³-hybridized carbons (Fsp3) is 0.826. The number of aliphatic hydroxyl groups is 2. The van der Waals surface area contributed by atoms with Crippen LogP contribution in [-0.2, 0) is 47.0 Å². The fourth-order valence-electron chi connectivity index (χ4n) is 6.74. The first-order valence-corrected chi connectivity index (χ1v) is 26.4. The van der Waals surface area contributed by atoms with E-state index >= 15 is 0 Å². The molecular formula is C46H82O14S2. The molecular weight excluding hydrogens is 841 g/mol. The number of rotatable bonds is 44. The van der Waals surface area contributed by atoms with Crippen LogP contribution < -0.4 is 0 Å². The zero-order valence-electron chi connectivity index (χ0n) is 38.1. The molecule has 0 aliphatic rings. The van der Waals surface area contributed by atoms with Crippen molar-refractivity contribution in [3.8, 4) is 0 Å². The molecule has 362 valence electrons. The summed E-state index contributed by atoms with van der Waals surface area (Å²) in [6.45, 7) is 1.62. The average molecular weight is 923 g/mol. The summed E-state index contributed by atoms with van der Waals surface area (Å²) in [6.07, 6.45) is 29.6. The number of unbranched alkanes of at least 4 members (excludes halogenated alkanes) is 26. The number of benzene rings is 1. The maximum Gasteiger partial charge on any atom is 0.399 e. The molecule has 0 saturated heterocycles. The summed E-state index contributed by atoms with van der Waals surface area (Å²) in [7, 11) is -8.75. The monoisotopic (exact) mass is 923 g/mol. The molecule has 62 heavy (non-hydrogen) atoms. The quantitative estimate of drug-likeness (QED) is 0.0463. The predicted octanol–water partition coefficient (Wildman–Crippen LogP) is 10.2. The molecule has 0 aliphatic carbocycles. The predicted molar refractivity (Wildman–Crippen MR) is 241 cm³/mol. The Balaban J connectivity index is 2.21. The Morgan fingerprint density at radius 3 is 0.952 bits per heavy atom. The zero-order valence-corrected chi connectivity index (χ0v) is 39.7. The summed E-state index contributed by atoms with van der Waals surface area (Å²) >= 11 is 0. The third-order valence-electron chi connectivity index (χ3n) is 10.4. The first kappa shape index (κ1) is 57.8. The van der Waals surface area contributed by atoms with Gasteiger partial charge in [0.1, 0.15) is 25.4 Å². The van der Waals surface area contributed by atoms with Gasteiger partial charge in [0.15, 0.2) is 0 Å². The molecule has 14 nitrogen and oxygen atoms in total. The number of carbonyl (C=O) groups is 2. The van der Waals surface area contributed by atoms with E-state index in [4.69, 9.17) is 26.2 Å². The summed E-state index contributed by atoms with van der Waals surface area (Å²) in [5.74, 6) is -2.03. The van der Waals surface area contributed by atoms with E-state index in [0.29, 0.717) is 12.8 Å². The van der Waals surface area contributed by atoms with Crippen molar-refractivity contribution in [3.05, 3.63) is 35.4 Å². The van der Waals surface area contributed by atoms with Crippen molar-refractivity contribution >= 4 is 32.7 Å². The van der Waals surface area contributed by atoms with E-state index in [1.807, 2.05) is 0 Å². The van der Waals surface area contributed by atoms with Crippen molar-refractivity contribution in [3.63, 3.8) is 0 Å². The number of aliphatic hydroxyl groups excluding tert-OH is 2. The number of hydrogen-bond acceptors (Lipinski definition) is 14. The Labute approximate surface area is 375 Å². The lowest BCUT2D eigenvalue weighted by atomic mass is 10.0. The smallest absolute Gasteiger partial charge is 0.399 e. The standard InChI is InChI=1S/C46H82O14S2/c1-3-5-7-9-11-13-15-17-19-21-23-25-27-31-35-57-61(51,52)59-39-41(47)37-55-45(49)43-33-29-30-34-44(43)46(50)56-38-42(48)40-60-62(53,54)58-36-32-28-26-24-22-20-18-16-14-12-10-8-6-4-2/h29-30,33-34,41-42,47-48H,3-28,31-32,35-40H2,1-2H3. The molecule has 0 saturated carbocycles. The van der Waals surface area contributed by atoms with Gasteiger partial charge in [-0.15, -0.1) is 0 Å². The van der Waals surface area contributed by atoms with Crippen LogP contribution in [0, 0.1) is 0 Å². The first-order valence-electron chi connectivity index (χ1n) is 23.8. The van der Waals surface area contributed by atoms with Crippen molar-refractivity contribution in [2.45, 2.75) is 206 Å². The normalized spacial score (nSPS) is 13.0. The second kappa shape index (κ2) is 38.1. The van der Waals surface area contributed by atoms with Crippen LogP contribution in [0.15, 0.2) is 24.3 Å². The molecule has 1 rings (SSSR count). The van der Waals surface area contributed by atoms with Crippen molar-refractivity contribution in [2.75, 3.05) is 39.6 Å².